The van der Waals surface area contributed by atoms with E-state index in [1.54, 1.807) is 6.08 Å². The van der Waals surface area contributed by atoms with Crippen LogP contribution in [-0.4, -0.2) is 73.4 Å². The lowest BCUT2D eigenvalue weighted by Gasteiger charge is -2.25. The van der Waals surface area contributed by atoms with Crippen molar-refractivity contribution in [3.05, 3.63) is 60.8 Å². The number of hydrogen-bond acceptors (Lipinski definition) is 5. The van der Waals surface area contributed by atoms with Gasteiger partial charge in [0.15, 0.2) is 0 Å². The summed E-state index contributed by atoms with van der Waals surface area (Å²) in [7, 11) is 1.58. The van der Waals surface area contributed by atoms with Crippen molar-refractivity contribution >= 4 is 13.7 Å². The van der Waals surface area contributed by atoms with Crippen LogP contribution >= 0.6 is 7.82 Å². The molecule has 0 aromatic rings. The Labute approximate surface area is 466 Å². The summed E-state index contributed by atoms with van der Waals surface area (Å²) in [4.78, 5) is 23.3. The standard InChI is InChI=1S/C66H125N2O6P/c1-6-8-10-12-14-16-18-20-22-24-25-26-27-28-29-30-31-32-33-34-35-36-37-38-39-40-41-42-43-44-46-48-50-52-54-56-58-60-66(70)67-64(63-74-75(71,72)73-62-61-68(3,4)5)65(69)59-57-55-53-51-49-47-45-23-21-19-17-15-13-11-9-7-2/h8,10,14,16,20,22,25-26,57,59,64-65,69H,6-7,9,11-13,15,17-19,21,23-24,27-56,58,60-63H2,1-5H3,(H-,67,70,71,72)/p+1/b10-8-,16-14-,22-20-,26-25-,59-57+. The molecule has 0 aromatic heterocycles. The number of aliphatic hydroxyl groups is 1. The minimum atomic E-state index is -4.35. The van der Waals surface area contributed by atoms with Crippen molar-refractivity contribution in [2.75, 3.05) is 40.9 Å². The van der Waals surface area contributed by atoms with Gasteiger partial charge >= 0.3 is 7.82 Å². The summed E-state index contributed by atoms with van der Waals surface area (Å²) in [6, 6.07) is -0.846. The molecule has 0 bridgehead atoms. The molecule has 0 radical (unpaired) electrons. The van der Waals surface area contributed by atoms with Gasteiger partial charge in [-0.15, -0.1) is 0 Å². The second-order valence-corrected chi connectivity index (χ2v) is 24.6. The van der Waals surface area contributed by atoms with Crippen LogP contribution in [-0.2, 0) is 18.4 Å². The molecule has 0 aromatic carbocycles. The van der Waals surface area contributed by atoms with Crippen LogP contribution in [0.3, 0.4) is 0 Å². The number of rotatable bonds is 59. The Morgan fingerprint density at radius 1 is 0.467 bits per heavy atom. The molecule has 0 spiro atoms. The number of nitrogens with zero attached hydrogens (tertiary/aromatic N) is 1. The normalized spacial score (nSPS) is 14.2. The lowest BCUT2D eigenvalue weighted by Crippen LogP contribution is -2.45. The van der Waals surface area contributed by atoms with Crippen molar-refractivity contribution in [2.45, 2.75) is 315 Å². The molecule has 3 unspecified atom stereocenters. The molecule has 75 heavy (non-hydrogen) atoms. The second-order valence-electron chi connectivity index (χ2n) is 23.1. The topological polar surface area (TPSA) is 105 Å². The van der Waals surface area contributed by atoms with Crippen LogP contribution in [0.1, 0.15) is 303 Å². The number of phosphoric acid groups is 1. The molecule has 0 heterocycles. The number of allylic oxidation sites excluding steroid dienone is 9. The maximum Gasteiger partial charge on any atom is 0.472 e. The van der Waals surface area contributed by atoms with Gasteiger partial charge in [0.2, 0.25) is 5.91 Å². The zero-order valence-corrected chi connectivity index (χ0v) is 51.2. The summed E-state index contributed by atoms with van der Waals surface area (Å²) in [5, 5.41) is 13.9. The van der Waals surface area contributed by atoms with Crippen molar-refractivity contribution in [2.24, 2.45) is 0 Å². The van der Waals surface area contributed by atoms with Gasteiger partial charge in [-0.2, -0.15) is 0 Å². The molecule has 440 valence electrons. The minimum Gasteiger partial charge on any atom is -0.387 e. The van der Waals surface area contributed by atoms with E-state index in [1.807, 2.05) is 27.2 Å². The zero-order chi connectivity index (χ0) is 54.9. The molecule has 0 saturated heterocycles. The van der Waals surface area contributed by atoms with Crippen molar-refractivity contribution in [3.8, 4) is 0 Å². The predicted octanol–water partition coefficient (Wildman–Crippen LogP) is 20.0. The predicted molar refractivity (Wildman–Crippen MR) is 327 cm³/mol. The lowest BCUT2D eigenvalue weighted by atomic mass is 10.0. The van der Waals surface area contributed by atoms with Gasteiger partial charge in [-0.25, -0.2) is 4.57 Å². The Bertz CT molecular complexity index is 1400. The molecule has 3 N–H and O–H groups in total. The average molecular weight is 1070 g/mol. The second kappa shape index (κ2) is 56.9. The van der Waals surface area contributed by atoms with Crippen LogP contribution in [0.15, 0.2) is 60.8 Å². The van der Waals surface area contributed by atoms with Crippen LogP contribution in [0, 0.1) is 0 Å². The van der Waals surface area contributed by atoms with Gasteiger partial charge in [-0.05, 0) is 57.8 Å². The van der Waals surface area contributed by atoms with Gasteiger partial charge in [0.1, 0.15) is 13.2 Å². The molecule has 0 aliphatic heterocycles. The van der Waals surface area contributed by atoms with E-state index in [0.717, 1.165) is 64.2 Å². The molecule has 1 amide bonds. The molecular weight excluding hydrogens is 948 g/mol. The largest absolute Gasteiger partial charge is 0.472 e. The number of carbonyl (C=O) groups is 1. The van der Waals surface area contributed by atoms with Crippen LogP contribution in [0.4, 0.5) is 0 Å². The zero-order valence-electron chi connectivity index (χ0n) is 50.3. The Hall–Kier alpha value is -1.80. The Kier molecular flexibility index (Phi) is 55.5. The van der Waals surface area contributed by atoms with Gasteiger partial charge in [-0.1, -0.05) is 299 Å². The van der Waals surface area contributed by atoms with E-state index in [9.17, 15) is 19.4 Å². The van der Waals surface area contributed by atoms with Crippen LogP contribution in [0.25, 0.3) is 0 Å². The molecular formula is C66H126N2O6P+. The molecule has 3 atom stereocenters. The fraction of sp³-hybridized carbons (Fsp3) is 0.833. The van der Waals surface area contributed by atoms with Crippen LogP contribution in [0.5, 0.6) is 0 Å². The number of phosphoric ester groups is 1. The van der Waals surface area contributed by atoms with Gasteiger partial charge in [0, 0.05) is 6.42 Å². The first-order valence-corrected chi connectivity index (χ1v) is 33.7. The van der Waals surface area contributed by atoms with E-state index in [2.05, 4.69) is 67.8 Å². The summed E-state index contributed by atoms with van der Waals surface area (Å²) in [6.45, 7) is 4.73. The summed E-state index contributed by atoms with van der Waals surface area (Å²) < 4.78 is 23.7. The van der Waals surface area contributed by atoms with Gasteiger partial charge in [0.25, 0.3) is 0 Å². The number of likely N-dealkylation sites (N-methyl/N-ethyl adjacent to an activating group) is 1. The molecule has 0 fully saturated rings. The Morgan fingerprint density at radius 2 is 0.800 bits per heavy atom. The summed E-state index contributed by atoms with van der Waals surface area (Å²) in [5.41, 5.74) is 0. The lowest BCUT2D eigenvalue weighted by molar-refractivity contribution is -0.870. The molecule has 0 aliphatic carbocycles. The number of amides is 1. The molecule has 0 aliphatic rings. The fourth-order valence-corrected chi connectivity index (χ4v) is 10.2. The van der Waals surface area contributed by atoms with Crippen molar-refractivity contribution in [3.63, 3.8) is 0 Å². The highest BCUT2D eigenvalue weighted by molar-refractivity contribution is 7.47. The van der Waals surface area contributed by atoms with E-state index in [0.29, 0.717) is 17.4 Å². The number of hydrogen-bond donors (Lipinski definition) is 3. The first kappa shape index (κ1) is 73.2. The van der Waals surface area contributed by atoms with Gasteiger partial charge in [-0.3, -0.25) is 13.8 Å². The van der Waals surface area contributed by atoms with Crippen molar-refractivity contribution in [1.29, 1.82) is 0 Å². The van der Waals surface area contributed by atoms with Crippen LogP contribution in [0.2, 0.25) is 0 Å². The third-order valence-corrected chi connectivity index (χ3v) is 15.5. The fourth-order valence-electron chi connectivity index (χ4n) is 9.51. The number of unbranched alkanes of at least 4 members (excludes halogenated alkanes) is 38. The number of nitrogens with one attached hydrogen (secondary N) is 1. The van der Waals surface area contributed by atoms with E-state index in [4.69, 9.17) is 9.05 Å². The number of carbonyl (C=O) groups excluding carboxylic acids is 1. The van der Waals surface area contributed by atoms with Gasteiger partial charge < -0.3 is 19.8 Å². The molecule has 0 rings (SSSR count). The SMILES string of the molecule is CC/C=C\C/C=C\C/C=C\C/C=C\CCCCCCCCCCCCCCCCCCCCCCCCCCC(=O)NC(COP(=O)(O)OCC[N+](C)(C)C)C(O)/C=C/CCCCCCCCCCCCCCCC. The van der Waals surface area contributed by atoms with E-state index >= 15 is 0 Å². The first-order chi connectivity index (χ1) is 36.5. The highest BCUT2D eigenvalue weighted by Crippen LogP contribution is 2.43. The number of aliphatic hydroxyl groups excluding tert-OH is 1. The Balaban J connectivity index is 3.95. The molecule has 9 heteroatoms. The maximum absolute atomic E-state index is 13.0. The highest BCUT2D eigenvalue weighted by atomic mass is 31.2. The van der Waals surface area contributed by atoms with Crippen LogP contribution < -0.4 is 5.32 Å². The molecule has 0 saturated carbocycles. The minimum absolute atomic E-state index is 0.0626. The summed E-state index contributed by atoms with van der Waals surface area (Å²) in [6.07, 6.45) is 77.8. The number of quaternary nitrogens is 1. The third-order valence-electron chi connectivity index (χ3n) is 14.5. The third kappa shape index (κ3) is 59.7. The monoisotopic (exact) mass is 1070 g/mol. The summed E-state index contributed by atoms with van der Waals surface area (Å²) in [5.74, 6) is -0.172. The van der Waals surface area contributed by atoms with E-state index < -0.39 is 20.0 Å². The van der Waals surface area contributed by atoms with E-state index in [-0.39, 0.29) is 19.1 Å². The summed E-state index contributed by atoms with van der Waals surface area (Å²) >= 11 is 0. The smallest absolute Gasteiger partial charge is 0.387 e. The highest BCUT2D eigenvalue weighted by Gasteiger charge is 2.28. The quantitative estimate of drug-likeness (QED) is 0.0243. The van der Waals surface area contributed by atoms with E-state index in [1.165, 1.54) is 218 Å². The average Bonchev–Trinajstić information content (AvgIpc) is 3.37. The van der Waals surface area contributed by atoms with Crippen molar-refractivity contribution < 1.29 is 32.9 Å². The van der Waals surface area contributed by atoms with Crippen molar-refractivity contribution in [1.82, 2.24) is 5.32 Å². The molecule has 8 nitrogen and oxygen atoms in total. The maximum atomic E-state index is 13.0. The first-order valence-electron chi connectivity index (χ1n) is 32.2. The van der Waals surface area contributed by atoms with Gasteiger partial charge in [0.05, 0.1) is 39.9 Å². The Morgan fingerprint density at radius 3 is 1.17 bits per heavy atom.